The van der Waals surface area contributed by atoms with Gasteiger partial charge in [-0.05, 0) is 62.4 Å². The number of anilines is 2. The maximum absolute atomic E-state index is 12.5. The number of halogens is 1. The first kappa shape index (κ1) is 19.6. The number of nitrogens with one attached hydrogen (secondary N) is 2. The Labute approximate surface area is 168 Å². The van der Waals surface area contributed by atoms with Crippen LogP contribution in [0.15, 0.2) is 48.5 Å². The number of amides is 2. The van der Waals surface area contributed by atoms with Gasteiger partial charge >= 0.3 is 0 Å². The highest BCUT2D eigenvalue weighted by Gasteiger charge is 2.16. The topological polar surface area (TPSA) is 76.0 Å². The first-order chi connectivity index (χ1) is 13.3. The molecule has 2 amide bonds. The Bertz CT molecular complexity index is 1010. The summed E-state index contributed by atoms with van der Waals surface area (Å²) in [5.74, 6) is -0.269. The van der Waals surface area contributed by atoms with E-state index in [1.165, 1.54) is 6.92 Å². The lowest BCUT2D eigenvalue weighted by molar-refractivity contribution is -0.116. The van der Waals surface area contributed by atoms with Crippen molar-refractivity contribution < 1.29 is 9.59 Å². The molecule has 3 aromatic rings. The maximum Gasteiger partial charge on any atom is 0.228 e. The quantitative estimate of drug-likeness (QED) is 0.675. The third-order valence-electron chi connectivity index (χ3n) is 4.34. The molecule has 0 saturated heterocycles. The zero-order valence-corrected chi connectivity index (χ0v) is 16.7. The number of hydrogen-bond acceptors (Lipinski definition) is 3. The molecule has 0 radical (unpaired) electrons. The molecule has 0 saturated carbocycles. The van der Waals surface area contributed by atoms with Crippen LogP contribution in [-0.2, 0) is 16.0 Å². The van der Waals surface area contributed by atoms with Crippen molar-refractivity contribution in [3.8, 4) is 5.69 Å². The number of aromatic nitrogens is 2. The summed E-state index contributed by atoms with van der Waals surface area (Å²) in [6.45, 7) is 5.29. The first-order valence-electron chi connectivity index (χ1n) is 8.82. The van der Waals surface area contributed by atoms with Gasteiger partial charge in [0.1, 0.15) is 0 Å². The van der Waals surface area contributed by atoms with Crippen molar-refractivity contribution in [3.05, 3.63) is 70.5 Å². The Hall–Kier alpha value is -3.12. The highest BCUT2D eigenvalue weighted by molar-refractivity contribution is 6.30. The van der Waals surface area contributed by atoms with E-state index in [9.17, 15) is 9.59 Å². The highest BCUT2D eigenvalue weighted by atomic mass is 35.5. The molecule has 0 unspecified atom stereocenters. The van der Waals surface area contributed by atoms with Gasteiger partial charge in [0.05, 0.1) is 17.8 Å². The van der Waals surface area contributed by atoms with Crippen LogP contribution in [0.1, 0.15) is 23.9 Å². The minimum atomic E-state index is -0.138. The molecule has 0 aliphatic carbocycles. The Morgan fingerprint density at radius 2 is 1.54 bits per heavy atom. The number of carbonyl (C=O) groups excluding carboxylic acids is 2. The molecule has 2 N–H and O–H groups in total. The molecule has 0 fully saturated rings. The monoisotopic (exact) mass is 396 g/mol. The number of nitrogens with zero attached hydrogens (tertiary/aromatic N) is 2. The van der Waals surface area contributed by atoms with Gasteiger partial charge in [-0.15, -0.1) is 0 Å². The fraction of sp³-hybridized carbons (Fsp3) is 0.190. The van der Waals surface area contributed by atoms with Crippen molar-refractivity contribution in [1.82, 2.24) is 9.78 Å². The SMILES string of the molecule is CC(=O)Nc1ccc(NC(=O)Cc2c(C)nn(-c3ccc(Cl)cc3)c2C)cc1. The lowest BCUT2D eigenvalue weighted by Gasteiger charge is -2.08. The van der Waals surface area contributed by atoms with Crippen LogP contribution in [0.5, 0.6) is 0 Å². The molecule has 0 bridgehead atoms. The third kappa shape index (κ3) is 4.58. The molecule has 0 spiro atoms. The number of aryl methyl sites for hydroxylation is 1. The Balaban J connectivity index is 1.72. The molecule has 28 heavy (non-hydrogen) atoms. The summed E-state index contributed by atoms with van der Waals surface area (Å²) in [4.78, 5) is 23.6. The second-order valence-electron chi connectivity index (χ2n) is 6.52. The van der Waals surface area contributed by atoms with Gasteiger partial charge in [-0.1, -0.05) is 11.6 Å². The maximum atomic E-state index is 12.5. The second kappa shape index (κ2) is 8.27. The summed E-state index contributed by atoms with van der Waals surface area (Å²) in [5.41, 5.74) is 4.85. The smallest absolute Gasteiger partial charge is 0.228 e. The molecule has 1 heterocycles. The largest absolute Gasteiger partial charge is 0.326 e. The van der Waals surface area contributed by atoms with Crippen LogP contribution in [0.25, 0.3) is 5.69 Å². The van der Waals surface area contributed by atoms with Gasteiger partial charge in [-0.2, -0.15) is 5.10 Å². The van der Waals surface area contributed by atoms with E-state index >= 15 is 0 Å². The molecular formula is C21H21ClN4O2. The van der Waals surface area contributed by atoms with Crippen LogP contribution in [0.2, 0.25) is 5.02 Å². The summed E-state index contributed by atoms with van der Waals surface area (Å²) in [5, 5.41) is 10.8. The predicted octanol–water partition coefficient (Wildman–Crippen LogP) is 4.28. The Morgan fingerprint density at radius 1 is 0.964 bits per heavy atom. The van der Waals surface area contributed by atoms with Gasteiger partial charge in [0.25, 0.3) is 0 Å². The summed E-state index contributed by atoms with van der Waals surface area (Å²) in [7, 11) is 0. The van der Waals surface area contributed by atoms with Crippen molar-refractivity contribution >= 4 is 34.8 Å². The molecule has 0 aliphatic heterocycles. The molecule has 1 aromatic heterocycles. The summed E-state index contributed by atoms with van der Waals surface area (Å²) in [6, 6.07) is 14.4. The van der Waals surface area contributed by atoms with Crippen LogP contribution < -0.4 is 10.6 Å². The van der Waals surface area contributed by atoms with Gasteiger partial charge in [0.15, 0.2) is 0 Å². The van der Waals surface area contributed by atoms with Crippen molar-refractivity contribution in [2.24, 2.45) is 0 Å². The zero-order chi connectivity index (χ0) is 20.3. The van der Waals surface area contributed by atoms with E-state index < -0.39 is 0 Å². The van der Waals surface area contributed by atoms with Crippen LogP contribution in [0.4, 0.5) is 11.4 Å². The molecular weight excluding hydrogens is 376 g/mol. The van der Waals surface area contributed by atoms with Gasteiger partial charge in [0.2, 0.25) is 11.8 Å². The number of benzene rings is 2. The van der Waals surface area contributed by atoms with E-state index in [1.54, 1.807) is 24.3 Å². The average molecular weight is 397 g/mol. The lowest BCUT2D eigenvalue weighted by atomic mass is 10.1. The fourth-order valence-corrected chi connectivity index (χ4v) is 3.10. The van der Waals surface area contributed by atoms with E-state index in [0.717, 1.165) is 22.6 Å². The van der Waals surface area contributed by atoms with Crippen molar-refractivity contribution in [2.45, 2.75) is 27.2 Å². The Kier molecular flexibility index (Phi) is 5.80. The molecule has 6 nitrogen and oxygen atoms in total. The molecule has 3 rings (SSSR count). The van der Waals surface area contributed by atoms with E-state index in [2.05, 4.69) is 15.7 Å². The number of hydrogen-bond donors (Lipinski definition) is 2. The molecule has 0 atom stereocenters. The molecule has 144 valence electrons. The second-order valence-corrected chi connectivity index (χ2v) is 6.96. The molecule has 2 aromatic carbocycles. The van der Waals surface area contributed by atoms with Crippen molar-refractivity contribution in [1.29, 1.82) is 0 Å². The number of rotatable bonds is 5. The summed E-state index contributed by atoms with van der Waals surface area (Å²) >= 11 is 5.95. The van der Waals surface area contributed by atoms with E-state index in [0.29, 0.717) is 16.4 Å². The first-order valence-corrected chi connectivity index (χ1v) is 9.20. The third-order valence-corrected chi connectivity index (χ3v) is 4.59. The van der Waals surface area contributed by atoms with Crippen molar-refractivity contribution in [2.75, 3.05) is 10.6 Å². The zero-order valence-electron chi connectivity index (χ0n) is 15.9. The fourth-order valence-electron chi connectivity index (χ4n) is 2.97. The van der Waals surface area contributed by atoms with Gasteiger partial charge < -0.3 is 10.6 Å². The van der Waals surface area contributed by atoms with E-state index in [-0.39, 0.29) is 18.2 Å². The normalized spacial score (nSPS) is 10.6. The minimum absolute atomic E-state index is 0.130. The van der Waals surface area contributed by atoms with Gasteiger partial charge in [-0.25, -0.2) is 4.68 Å². The average Bonchev–Trinajstić information content (AvgIpc) is 2.92. The molecule has 0 aliphatic rings. The van der Waals surface area contributed by atoms with E-state index in [4.69, 9.17) is 11.6 Å². The predicted molar refractivity (Wildman–Crippen MR) is 111 cm³/mol. The van der Waals surface area contributed by atoms with Gasteiger partial charge in [-0.3, -0.25) is 9.59 Å². The molecule has 7 heteroatoms. The van der Waals surface area contributed by atoms with Crippen LogP contribution in [0, 0.1) is 13.8 Å². The van der Waals surface area contributed by atoms with Crippen LogP contribution in [-0.4, -0.2) is 21.6 Å². The van der Waals surface area contributed by atoms with Crippen LogP contribution >= 0.6 is 11.6 Å². The summed E-state index contributed by atoms with van der Waals surface area (Å²) in [6.07, 6.45) is 0.221. The standard InChI is InChI=1S/C21H21ClN4O2/c1-13-20(14(2)26(25-13)19-10-4-16(22)5-11-19)12-21(28)24-18-8-6-17(7-9-18)23-15(3)27/h4-11H,12H2,1-3H3,(H,23,27)(H,24,28). The van der Waals surface area contributed by atoms with Crippen LogP contribution in [0.3, 0.4) is 0 Å². The van der Waals surface area contributed by atoms with E-state index in [1.807, 2.05) is 42.8 Å². The van der Waals surface area contributed by atoms with Gasteiger partial charge in [0, 0.05) is 34.6 Å². The lowest BCUT2D eigenvalue weighted by Crippen LogP contribution is -2.15. The number of carbonyl (C=O) groups is 2. The Morgan fingerprint density at radius 3 is 2.11 bits per heavy atom. The minimum Gasteiger partial charge on any atom is -0.326 e. The van der Waals surface area contributed by atoms with Crippen molar-refractivity contribution in [3.63, 3.8) is 0 Å². The summed E-state index contributed by atoms with van der Waals surface area (Å²) < 4.78 is 1.82. The highest BCUT2D eigenvalue weighted by Crippen LogP contribution is 2.21.